The molecule has 5 rings (SSSR count). The van der Waals surface area contributed by atoms with Gasteiger partial charge in [0.2, 0.25) is 5.91 Å². The summed E-state index contributed by atoms with van der Waals surface area (Å²) in [5, 5.41) is 16.2. The van der Waals surface area contributed by atoms with Crippen molar-refractivity contribution in [2.75, 3.05) is 5.32 Å². The average Bonchev–Trinajstić information content (AvgIpc) is 3.50. The van der Waals surface area contributed by atoms with Gasteiger partial charge in [-0.15, -0.1) is 5.10 Å². The van der Waals surface area contributed by atoms with E-state index in [4.69, 9.17) is 0 Å². The van der Waals surface area contributed by atoms with Gasteiger partial charge in [0, 0.05) is 23.0 Å². The first kappa shape index (κ1) is 24.4. The van der Waals surface area contributed by atoms with Crippen LogP contribution in [0.15, 0.2) is 60.8 Å². The molecule has 190 valence electrons. The van der Waals surface area contributed by atoms with Crippen molar-refractivity contribution in [3.8, 4) is 22.5 Å². The Labute approximate surface area is 204 Å². The molecule has 0 radical (unpaired) electrons. The predicted octanol–water partition coefficient (Wildman–Crippen LogP) is 5.64. The molecule has 37 heavy (non-hydrogen) atoms. The molecule has 2 aromatic heterocycles. The first-order valence-corrected chi connectivity index (χ1v) is 10.9. The Balaban J connectivity index is 1.46. The molecule has 1 amide bonds. The summed E-state index contributed by atoms with van der Waals surface area (Å²) in [5.74, 6) is -0.289. The molecule has 1 fully saturated rings. The highest BCUT2D eigenvalue weighted by atomic mass is 19.4. The molecular formula is C24H16F6N6O. The summed E-state index contributed by atoms with van der Waals surface area (Å²) in [6.45, 7) is 0. The number of benzene rings is 2. The third-order valence-electron chi connectivity index (χ3n) is 6.17. The Morgan fingerprint density at radius 2 is 1.70 bits per heavy atom. The third kappa shape index (κ3) is 4.76. The van der Waals surface area contributed by atoms with Gasteiger partial charge < -0.3 is 5.32 Å². The number of nitrogens with zero attached hydrogens (tertiary/aromatic N) is 4. The number of halogens is 6. The number of H-pyrrole nitrogens is 1. The maximum Gasteiger partial charge on any atom is 0.433 e. The monoisotopic (exact) mass is 518 g/mol. The highest BCUT2D eigenvalue weighted by Crippen LogP contribution is 2.50. The lowest BCUT2D eigenvalue weighted by molar-refractivity contribution is -0.141. The van der Waals surface area contributed by atoms with E-state index in [1.54, 1.807) is 6.07 Å². The van der Waals surface area contributed by atoms with Gasteiger partial charge in [0.1, 0.15) is 5.69 Å². The van der Waals surface area contributed by atoms with E-state index in [0.717, 1.165) is 24.4 Å². The SMILES string of the molecule is O=C(Nc1ccc(-c2ccc(C(F)(F)F)nc2)c(-c2nnn[nH]2)c1)C1(c2cccc(C(F)(F)F)c2)CC1. The molecule has 1 saturated carbocycles. The van der Waals surface area contributed by atoms with Crippen molar-refractivity contribution in [2.45, 2.75) is 30.6 Å². The molecule has 2 heterocycles. The van der Waals surface area contributed by atoms with Crippen molar-refractivity contribution >= 4 is 11.6 Å². The summed E-state index contributed by atoms with van der Waals surface area (Å²) in [5.41, 5.74) is -1.24. The highest BCUT2D eigenvalue weighted by Gasteiger charge is 2.52. The van der Waals surface area contributed by atoms with Crippen molar-refractivity contribution in [1.82, 2.24) is 25.6 Å². The molecule has 1 aliphatic rings. The minimum Gasteiger partial charge on any atom is -0.325 e. The first-order valence-electron chi connectivity index (χ1n) is 10.9. The van der Waals surface area contributed by atoms with E-state index in [0.29, 0.717) is 35.2 Å². The third-order valence-corrected chi connectivity index (χ3v) is 6.17. The Morgan fingerprint density at radius 3 is 2.30 bits per heavy atom. The highest BCUT2D eigenvalue weighted by molar-refractivity contribution is 6.02. The molecule has 13 heteroatoms. The standard InChI is InChI=1S/C24H16F6N6O/c25-23(26,27)15-3-1-2-14(10-15)22(8-9-22)21(37)32-16-5-6-17(18(11-16)20-33-35-36-34-20)13-4-7-19(31-12-13)24(28,29)30/h1-7,10-12H,8-9H2,(H,32,37)(H,33,34,35,36). The van der Waals surface area contributed by atoms with Gasteiger partial charge in [0.25, 0.3) is 0 Å². The molecule has 0 unspecified atom stereocenters. The zero-order valence-electron chi connectivity index (χ0n) is 18.7. The lowest BCUT2D eigenvalue weighted by Gasteiger charge is -2.18. The number of aromatic amines is 1. The normalized spacial score (nSPS) is 14.9. The van der Waals surface area contributed by atoms with E-state index in [1.165, 1.54) is 30.3 Å². The topological polar surface area (TPSA) is 96.5 Å². The fourth-order valence-corrected chi connectivity index (χ4v) is 4.08. The number of amides is 1. The van der Waals surface area contributed by atoms with Gasteiger partial charge in [-0.1, -0.05) is 30.3 Å². The number of alkyl halides is 6. The van der Waals surface area contributed by atoms with Gasteiger partial charge in [-0.05, 0) is 58.7 Å². The van der Waals surface area contributed by atoms with Crippen LogP contribution in [0.2, 0.25) is 0 Å². The smallest absolute Gasteiger partial charge is 0.325 e. The van der Waals surface area contributed by atoms with Crippen molar-refractivity contribution in [2.24, 2.45) is 0 Å². The lowest BCUT2D eigenvalue weighted by Crippen LogP contribution is -2.28. The maximum atomic E-state index is 13.2. The summed E-state index contributed by atoms with van der Waals surface area (Å²) in [6.07, 6.45) is -7.30. The molecule has 2 aromatic carbocycles. The summed E-state index contributed by atoms with van der Waals surface area (Å²) in [7, 11) is 0. The van der Waals surface area contributed by atoms with Crippen LogP contribution in [0.3, 0.4) is 0 Å². The number of rotatable bonds is 5. The van der Waals surface area contributed by atoms with E-state index in [9.17, 15) is 31.1 Å². The Bertz CT molecular complexity index is 1440. The molecule has 0 saturated heterocycles. The number of tetrazole rings is 1. The number of aromatic nitrogens is 5. The van der Waals surface area contributed by atoms with Crippen LogP contribution in [0, 0.1) is 0 Å². The van der Waals surface area contributed by atoms with Gasteiger partial charge in [-0.2, -0.15) is 26.3 Å². The molecular weight excluding hydrogens is 502 g/mol. The maximum absolute atomic E-state index is 13.2. The van der Waals surface area contributed by atoms with E-state index < -0.39 is 34.9 Å². The number of hydrogen-bond donors (Lipinski definition) is 2. The van der Waals surface area contributed by atoms with Crippen LogP contribution in [0.25, 0.3) is 22.5 Å². The quantitative estimate of drug-likeness (QED) is 0.334. The fraction of sp³-hybridized carbons (Fsp3) is 0.208. The van der Waals surface area contributed by atoms with Gasteiger partial charge in [-0.25, -0.2) is 5.10 Å². The molecule has 0 bridgehead atoms. The summed E-state index contributed by atoms with van der Waals surface area (Å²) in [6, 6.07) is 11.4. The average molecular weight is 518 g/mol. The second kappa shape index (κ2) is 8.68. The van der Waals surface area contributed by atoms with Gasteiger partial charge in [-0.3, -0.25) is 9.78 Å². The van der Waals surface area contributed by atoms with Crippen LogP contribution in [0.5, 0.6) is 0 Å². The molecule has 0 atom stereocenters. The summed E-state index contributed by atoms with van der Waals surface area (Å²) < 4.78 is 78.3. The van der Waals surface area contributed by atoms with Crippen LogP contribution in [-0.4, -0.2) is 31.5 Å². The minimum atomic E-state index is -4.59. The van der Waals surface area contributed by atoms with Crippen LogP contribution in [0.1, 0.15) is 29.7 Å². The van der Waals surface area contributed by atoms with Crippen LogP contribution in [0.4, 0.5) is 32.0 Å². The second-order valence-electron chi connectivity index (χ2n) is 8.55. The molecule has 2 N–H and O–H groups in total. The van der Waals surface area contributed by atoms with Crippen molar-refractivity contribution in [1.29, 1.82) is 0 Å². The molecule has 4 aromatic rings. The number of anilines is 1. The number of carbonyl (C=O) groups is 1. The van der Waals surface area contributed by atoms with E-state index in [-0.39, 0.29) is 11.4 Å². The Kier molecular flexibility index (Phi) is 5.72. The van der Waals surface area contributed by atoms with Crippen molar-refractivity contribution in [3.63, 3.8) is 0 Å². The number of hydrogen-bond acceptors (Lipinski definition) is 5. The molecule has 0 aliphatic heterocycles. The predicted molar refractivity (Wildman–Crippen MR) is 119 cm³/mol. The Hall–Kier alpha value is -4.29. The number of nitrogens with one attached hydrogen (secondary N) is 2. The lowest BCUT2D eigenvalue weighted by atomic mass is 9.93. The van der Waals surface area contributed by atoms with E-state index >= 15 is 0 Å². The summed E-state index contributed by atoms with van der Waals surface area (Å²) in [4.78, 5) is 16.7. The van der Waals surface area contributed by atoms with Crippen LogP contribution < -0.4 is 5.32 Å². The summed E-state index contributed by atoms with van der Waals surface area (Å²) >= 11 is 0. The largest absolute Gasteiger partial charge is 0.433 e. The van der Waals surface area contributed by atoms with Crippen molar-refractivity contribution in [3.05, 3.63) is 77.6 Å². The van der Waals surface area contributed by atoms with E-state index in [1.807, 2.05) is 0 Å². The molecule has 7 nitrogen and oxygen atoms in total. The number of pyridine rings is 1. The molecule has 0 spiro atoms. The number of carbonyl (C=O) groups excluding carboxylic acids is 1. The Morgan fingerprint density at radius 1 is 0.919 bits per heavy atom. The van der Waals surface area contributed by atoms with Gasteiger partial charge in [0.05, 0.1) is 11.0 Å². The zero-order chi connectivity index (χ0) is 26.4. The van der Waals surface area contributed by atoms with Crippen LogP contribution in [-0.2, 0) is 22.6 Å². The zero-order valence-corrected chi connectivity index (χ0v) is 18.7. The van der Waals surface area contributed by atoms with Crippen molar-refractivity contribution < 1.29 is 31.1 Å². The van der Waals surface area contributed by atoms with Crippen LogP contribution >= 0.6 is 0 Å². The van der Waals surface area contributed by atoms with Gasteiger partial charge in [0.15, 0.2) is 5.82 Å². The fourth-order valence-electron chi connectivity index (χ4n) is 4.08. The minimum absolute atomic E-state index is 0.185. The first-order chi connectivity index (χ1) is 17.5. The van der Waals surface area contributed by atoms with E-state index in [2.05, 4.69) is 30.9 Å². The van der Waals surface area contributed by atoms with Gasteiger partial charge >= 0.3 is 12.4 Å². The molecule has 1 aliphatic carbocycles. The second-order valence-corrected chi connectivity index (χ2v) is 8.55.